The first-order valence-electron chi connectivity index (χ1n) is 5.37. The Hall–Kier alpha value is -1.36. The van der Waals surface area contributed by atoms with Crippen LogP contribution in [0.2, 0.25) is 0 Å². The molecule has 0 saturated heterocycles. The Balaban J connectivity index is 2.24. The summed E-state index contributed by atoms with van der Waals surface area (Å²) in [5.41, 5.74) is 1.70. The van der Waals surface area contributed by atoms with Gasteiger partial charge in [0.1, 0.15) is 5.92 Å². The predicted octanol–water partition coefficient (Wildman–Crippen LogP) is 2.12. The zero-order valence-corrected chi connectivity index (χ0v) is 10.9. The summed E-state index contributed by atoms with van der Waals surface area (Å²) in [6.07, 6.45) is 0.396. The van der Waals surface area contributed by atoms with Crippen LogP contribution in [0.15, 0.2) is 22.7 Å². The smallest absolute Gasteiger partial charge is 0.318 e. The van der Waals surface area contributed by atoms with Crippen molar-refractivity contribution in [1.82, 2.24) is 0 Å². The highest BCUT2D eigenvalue weighted by Gasteiger charge is 2.33. The van der Waals surface area contributed by atoms with Crippen LogP contribution in [0.3, 0.4) is 0 Å². The van der Waals surface area contributed by atoms with E-state index < -0.39 is 11.9 Å². The molecular formula is C12H12BrNO3. The van der Waals surface area contributed by atoms with E-state index in [0.29, 0.717) is 6.42 Å². The number of carbonyl (C=O) groups excluding carboxylic acids is 2. The van der Waals surface area contributed by atoms with Gasteiger partial charge in [-0.25, -0.2) is 0 Å². The molecule has 90 valence electrons. The van der Waals surface area contributed by atoms with Crippen LogP contribution in [-0.2, 0) is 20.7 Å². The van der Waals surface area contributed by atoms with Gasteiger partial charge in [0, 0.05) is 10.2 Å². The van der Waals surface area contributed by atoms with Gasteiger partial charge < -0.3 is 10.1 Å². The van der Waals surface area contributed by atoms with Crippen molar-refractivity contribution in [3.8, 4) is 0 Å². The molecule has 1 N–H and O–H groups in total. The maximum atomic E-state index is 11.8. The van der Waals surface area contributed by atoms with Crippen molar-refractivity contribution in [2.45, 2.75) is 13.3 Å². The number of halogens is 1. The first kappa shape index (κ1) is 12.1. The van der Waals surface area contributed by atoms with E-state index in [1.54, 1.807) is 6.92 Å². The third-order valence-electron chi connectivity index (χ3n) is 2.64. The number of rotatable bonds is 2. The van der Waals surface area contributed by atoms with Gasteiger partial charge in [-0.05, 0) is 31.0 Å². The molecule has 1 aliphatic heterocycles. The van der Waals surface area contributed by atoms with Crippen LogP contribution >= 0.6 is 15.9 Å². The maximum Gasteiger partial charge on any atom is 0.318 e. The molecule has 0 spiro atoms. The summed E-state index contributed by atoms with van der Waals surface area (Å²) in [7, 11) is 0. The largest absolute Gasteiger partial charge is 0.465 e. The summed E-state index contributed by atoms with van der Waals surface area (Å²) in [5, 5.41) is 2.72. The zero-order valence-electron chi connectivity index (χ0n) is 9.33. The Morgan fingerprint density at radius 3 is 3.06 bits per heavy atom. The Morgan fingerprint density at radius 1 is 1.59 bits per heavy atom. The van der Waals surface area contributed by atoms with Crippen molar-refractivity contribution in [3.63, 3.8) is 0 Å². The molecule has 17 heavy (non-hydrogen) atoms. The number of hydrogen-bond donors (Lipinski definition) is 1. The van der Waals surface area contributed by atoms with Crippen molar-refractivity contribution < 1.29 is 14.3 Å². The van der Waals surface area contributed by atoms with E-state index in [9.17, 15) is 9.59 Å². The van der Waals surface area contributed by atoms with Gasteiger partial charge >= 0.3 is 5.97 Å². The fraction of sp³-hybridized carbons (Fsp3) is 0.333. The van der Waals surface area contributed by atoms with Gasteiger partial charge in [-0.15, -0.1) is 0 Å². The van der Waals surface area contributed by atoms with E-state index in [1.165, 1.54) is 0 Å². The monoisotopic (exact) mass is 297 g/mol. The highest BCUT2D eigenvalue weighted by molar-refractivity contribution is 9.10. The molecule has 0 aromatic heterocycles. The maximum absolute atomic E-state index is 11.8. The van der Waals surface area contributed by atoms with E-state index >= 15 is 0 Å². The van der Waals surface area contributed by atoms with Gasteiger partial charge in [0.05, 0.1) is 6.61 Å². The highest BCUT2D eigenvalue weighted by atomic mass is 79.9. The Kier molecular flexibility index (Phi) is 3.47. The molecule has 0 radical (unpaired) electrons. The number of fused-ring (bicyclic) bond motifs is 1. The van der Waals surface area contributed by atoms with E-state index in [1.807, 2.05) is 18.2 Å². The van der Waals surface area contributed by atoms with E-state index in [-0.39, 0.29) is 12.5 Å². The van der Waals surface area contributed by atoms with Crippen molar-refractivity contribution >= 4 is 33.5 Å². The lowest BCUT2D eigenvalue weighted by molar-refractivity contribution is -0.151. The van der Waals surface area contributed by atoms with Gasteiger partial charge in [0.15, 0.2) is 0 Å². The van der Waals surface area contributed by atoms with Crippen LogP contribution in [0, 0.1) is 5.92 Å². The van der Waals surface area contributed by atoms with E-state index in [0.717, 1.165) is 15.7 Å². The second-order valence-electron chi connectivity index (χ2n) is 3.80. The van der Waals surface area contributed by atoms with Crippen LogP contribution in [0.5, 0.6) is 0 Å². The lowest BCUT2D eigenvalue weighted by Gasteiger charge is -2.23. The first-order valence-corrected chi connectivity index (χ1v) is 6.17. The molecule has 1 aromatic carbocycles. The first-order chi connectivity index (χ1) is 8.11. The van der Waals surface area contributed by atoms with Crippen LogP contribution in [0.4, 0.5) is 5.69 Å². The second-order valence-corrected chi connectivity index (χ2v) is 4.72. The normalized spacial score (nSPS) is 18.2. The van der Waals surface area contributed by atoms with Gasteiger partial charge in [-0.1, -0.05) is 22.0 Å². The lowest BCUT2D eigenvalue weighted by Crippen LogP contribution is -2.36. The summed E-state index contributed by atoms with van der Waals surface area (Å²) < 4.78 is 5.78. The molecule has 1 aliphatic rings. The number of amides is 1. The minimum atomic E-state index is -0.733. The van der Waals surface area contributed by atoms with Gasteiger partial charge in [0.2, 0.25) is 5.91 Å². The standard InChI is InChI=1S/C12H12BrNO3/c1-2-17-12(16)9-5-7-3-4-8(13)6-10(7)14-11(9)15/h3-4,6,9H,2,5H2,1H3,(H,14,15)/t9-/m0/s1. The highest BCUT2D eigenvalue weighted by Crippen LogP contribution is 2.28. The zero-order chi connectivity index (χ0) is 12.4. The number of nitrogens with one attached hydrogen (secondary N) is 1. The Labute approximate surface area is 107 Å². The molecular weight excluding hydrogens is 286 g/mol. The molecule has 4 nitrogen and oxygen atoms in total. The quantitative estimate of drug-likeness (QED) is 0.672. The molecule has 0 bridgehead atoms. The van der Waals surface area contributed by atoms with E-state index in [4.69, 9.17) is 4.74 Å². The number of anilines is 1. The van der Waals surface area contributed by atoms with Crippen molar-refractivity contribution in [3.05, 3.63) is 28.2 Å². The molecule has 5 heteroatoms. The van der Waals surface area contributed by atoms with Crippen LogP contribution in [0.25, 0.3) is 0 Å². The topological polar surface area (TPSA) is 55.4 Å². The summed E-state index contributed by atoms with van der Waals surface area (Å²) in [4.78, 5) is 23.4. The molecule has 1 aromatic rings. The predicted molar refractivity (Wildman–Crippen MR) is 66.6 cm³/mol. The molecule has 1 heterocycles. The molecule has 1 amide bonds. The lowest BCUT2D eigenvalue weighted by atomic mass is 9.93. The Morgan fingerprint density at radius 2 is 2.35 bits per heavy atom. The van der Waals surface area contributed by atoms with Crippen LogP contribution in [0.1, 0.15) is 12.5 Å². The molecule has 0 fully saturated rings. The number of benzene rings is 1. The summed E-state index contributed by atoms with van der Waals surface area (Å²) in [6.45, 7) is 2.01. The summed E-state index contributed by atoms with van der Waals surface area (Å²) >= 11 is 3.34. The molecule has 0 aliphatic carbocycles. The van der Waals surface area contributed by atoms with Crippen LogP contribution in [-0.4, -0.2) is 18.5 Å². The fourth-order valence-electron chi connectivity index (χ4n) is 1.81. The Bertz CT molecular complexity index is 473. The van der Waals surface area contributed by atoms with Gasteiger partial charge in [0.25, 0.3) is 0 Å². The summed E-state index contributed by atoms with van der Waals surface area (Å²) in [5.74, 6) is -1.49. The van der Waals surface area contributed by atoms with Crippen molar-refractivity contribution in [2.75, 3.05) is 11.9 Å². The average molecular weight is 298 g/mol. The van der Waals surface area contributed by atoms with Crippen molar-refractivity contribution in [1.29, 1.82) is 0 Å². The number of esters is 1. The van der Waals surface area contributed by atoms with Gasteiger partial charge in [-0.3, -0.25) is 9.59 Å². The molecule has 0 saturated carbocycles. The SMILES string of the molecule is CCOC(=O)[C@H]1Cc2ccc(Br)cc2NC1=O. The molecule has 2 rings (SSSR count). The second kappa shape index (κ2) is 4.87. The van der Waals surface area contributed by atoms with Crippen LogP contribution < -0.4 is 5.32 Å². The summed E-state index contributed by atoms with van der Waals surface area (Å²) in [6, 6.07) is 5.61. The number of ether oxygens (including phenoxy) is 1. The third kappa shape index (κ3) is 2.49. The minimum absolute atomic E-state index is 0.288. The number of carbonyl (C=O) groups is 2. The van der Waals surface area contributed by atoms with Crippen molar-refractivity contribution in [2.24, 2.45) is 5.92 Å². The molecule has 0 unspecified atom stereocenters. The van der Waals surface area contributed by atoms with Gasteiger partial charge in [-0.2, -0.15) is 0 Å². The fourth-order valence-corrected chi connectivity index (χ4v) is 2.17. The minimum Gasteiger partial charge on any atom is -0.465 e. The molecule has 1 atom stereocenters. The average Bonchev–Trinajstić information content (AvgIpc) is 2.28. The third-order valence-corrected chi connectivity index (χ3v) is 3.13. The number of hydrogen-bond acceptors (Lipinski definition) is 3. The van der Waals surface area contributed by atoms with E-state index in [2.05, 4.69) is 21.2 Å².